The molecule has 90 valence electrons. The number of halogens is 1. The molecule has 0 amide bonds. The first-order chi connectivity index (χ1) is 8.29. The molecule has 1 fully saturated rings. The largest absolute Gasteiger partial charge is 0.379 e. The summed E-state index contributed by atoms with van der Waals surface area (Å²) in [5.74, 6) is -0.218. The average molecular weight is 234 g/mol. The third kappa shape index (κ3) is 3.26. The number of hydrogen-bond acceptors (Lipinski definition) is 3. The molecule has 1 aliphatic rings. The second kappa shape index (κ2) is 5.76. The van der Waals surface area contributed by atoms with Crippen LogP contribution in [0, 0.1) is 17.1 Å². The normalized spacial score (nSPS) is 16.7. The van der Waals surface area contributed by atoms with E-state index in [4.69, 9.17) is 10.00 Å². The predicted octanol–water partition coefficient (Wildman–Crippen LogP) is 1.72. The van der Waals surface area contributed by atoms with Gasteiger partial charge in [0.1, 0.15) is 5.82 Å². The van der Waals surface area contributed by atoms with Gasteiger partial charge < -0.3 is 4.74 Å². The highest BCUT2D eigenvalue weighted by Gasteiger charge is 2.13. The zero-order chi connectivity index (χ0) is 12.1. The Bertz CT molecular complexity index is 422. The Morgan fingerprint density at radius 1 is 1.35 bits per heavy atom. The summed E-state index contributed by atoms with van der Waals surface area (Å²) in [7, 11) is 0. The smallest absolute Gasteiger partial charge is 0.128 e. The van der Waals surface area contributed by atoms with Gasteiger partial charge in [-0.05, 0) is 11.6 Å². The number of nitrogens with zero attached hydrogens (tertiary/aromatic N) is 2. The van der Waals surface area contributed by atoms with E-state index in [1.807, 2.05) is 12.1 Å². The van der Waals surface area contributed by atoms with Crippen molar-refractivity contribution in [3.63, 3.8) is 0 Å². The molecule has 1 saturated heterocycles. The van der Waals surface area contributed by atoms with Crippen LogP contribution in [0.2, 0.25) is 0 Å². The van der Waals surface area contributed by atoms with E-state index in [0.29, 0.717) is 25.3 Å². The maximum absolute atomic E-state index is 13.8. The molecule has 1 aromatic carbocycles. The fourth-order valence-electron chi connectivity index (χ4n) is 1.92. The number of rotatable bonds is 3. The summed E-state index contributed by atoms with van der Waals surface area (Å²) >= 11 is 0. The first-order valence-corrected chi connectivity index (χ1v) is 5.74. The van der Waals surface area contributed by atoms with Crippen molar-refractivity contribution in [2.24, 2.45) is 0 Å². The van der Waals surface area contributed by atoms with E-state index in [0.717, 1.165) is 18.7 Å². The van der Waals surface area contributed by atoms with E-state index in [2.05, 4.69) is 4.90 Å². The summed E-state index contributed by atoms with van der Waals surface area (Å²) < 4.78 is 19.0. The summed E-state index contributed by atoms with van der Waals surface area (Å²) in [5.41, 5.74) is 1.42. The Morgan fingerprint density at radius 2 is 2.12 bits per heavy atom. The van der Waals surface area contributed by atoms with E-state index in [-0.39, 0.29) is 12.2 Å². The summed E-state index contributed by atoms with van der Waals surface area (Å²) in [6, 6.07) is 7.07. The van der Waals surface area contributed by atoms with E-state index >= 15 is 0 Å². The Labute approximate surface area is 100 Å². The second-order valence-corrected chi connectivity index (χ2v) is 4.15. The van der Waals surface area contributed by atoms with Crippen LogP contribution in [-0.2, 0) is 17.7 Å². The van der Waals surface area contributed by atoms with Gasteiger partial charge in [-0.3, -0.25) is 4.90 Å². The zero-order valence-corrected chi connectivity index (χ0v) is 9.66. The predicted molar refractivity (Wildman–Crippen MR) is 61.8 cm³/mol. The van der Waals surface area contributed by atoms with Crippen LogP contribution in [0.15, 0.2) is 18.2 Å². The van der Waals surface area contributed by atoms with E-state index in [9.17, 15) is 4.39 Å². The van der Waals surface area contributed by atoms with Crippen LogP contribution in [0.25, 0.3) is 0 Å². The monoisotopic (exact) mass is 234 g/mol. The maximum Gasteiger partial charge on any atom is 0.128 e. The Hall–Kier alpha value is -1.44. The van der Waals surface area contributed by atoms with Crippen molar-refractivity contribution in [1.29, 1.82) is 5.26 Å². The van der Waals surface area contributed by atoms with Gasteiger partial charge in [0.25, 0.3) is 0 Å². The first-order valence-electron chi connectivity index (χ1n) is 5.74. The third-order valence-electron chi connectivity index (χ3n) is 2.90. The van der Waals surface area contributed by atoms with Gasteiger partial charge in [0.2, 0.25) is 0 Å². The van der Waals surface area contributed by atoms with Crippen LogP contribution in [0.5, 0.6) is 0 Å². The summed E-state index contributed by atoms with van der Waals surface area (Å²) in [4.78, 5) is 2.17. The van der Waals surface area contributed by atoms with Crippen LogP contribution in [0.4, 0.5) is 4.39 Å². The Morgan fingerprint density at radius 3 is 2.76 bits per heavy atom. The molecule has 0 atom stereocenters. The second-order valence-electron chi connectivity index (χ2n) is 4.15. The van der Waals surface area contributed by atoms with Crippen molar-refractivity contribution in [3.8, 4) is 6.07 Å². The molecular weight excluding hydrogens is 219 g/mol. The molecule has 0 aromatic heterocycles. The highest BCUT2D eigenvalue weighted by atomic mass is 19.1. The van der Waals surface area contributed by atoms with Crippen molar-refractivity contribution in [2.75, 3.05) is 26.3 Å². The molecule has 0 saturated carbocycles. The van der Waals surface area contributed by atoms with Gasteiger partial charge in [-0.2, -0.15) is 5.26 Å². The Kier molecular flexibility index (Phi) is 4.08. The minimum atomic E-state index is -0.218. The van der Waals surface area contributed by atoms with Crippen molar-refractivity contribution >= 4 is 0 Å². The molecule has 0 radical (unpaired) electrons. The fraction of sp³-hybridized carbons (Fsp3) is 0.462. The lowest BCUT2D eigenvalue weighted by Crippen LogP contribution is -2.35. The standard InChI is InChI=1S/C13H15FN2O/c14-13-9-11(3-4-15)1-2-12(13)10-16-5-7-17-8-6-16/h1-2,9H,3,5-8,10H2. The first kappa shape index (κ1) is 12.0. The van der Waals surface area contributed by atoms with E-state index in [1.165, 1.54) is 6.07 Å². The topological polar surface area (TPSA) is 36.3 Å². The SMILES string of the molecule is N#CCc1ccc(CN2CCOCC2)c(F)c1. The molecule has 3 nitrogen and oxygen atoms in total. The van der Waals surface area contributed by atoms with Crippen LogP contribution in [0.1, 0.15) is 11.1 Å². The minimum absolute atomic E-state index is 0.218. The van der Waals surface area contributed by atoms with Gasteiger partial charge in [-0.15, -0.1) is 0 Å². The summed E-state index contributed by atoms with van der Waals surface area (Å²) in [6.07, 6.45) is 0.259. The number of nitriles is 1. The fourth-order valence-corrected chi connectivity index (χ4v) is 1.92. The number of morpholine rings is 1. The van der Waals surface area contributed by atoms with Gasteiger partial charge in [-0.1, -0.05) is 12.1 Å². The number of hydrogen-bond donors (Lipinski definition) is 0. The average Bonchev–Trinajstić information content (AvgIpc) is 2.34. The van der Waals surface area contributed by atoms with Gasteiger partial charge >= 0.3 is 0 Å². The number of benzene rings is 1. The van der Waals surface area contributed by atoms with E-state index in [1.54, 1.807) is 6.07 Å². The highest BCUT2D eigenvalue weighted by molar-refractivity contribution is 5.26. The van der Waals surface area contributed by atoms with Gasteiger partial charge in [0, 0.05) is 25.2 Å². The molecule has 0 unspecified atom stereocenters. The van der Waals surface area contributed by atoms with Crippen LogP contribution in [0.3, 0.4) is 0 Å². The lowest BCUT2D eigenvalue weighted by Gasteiger charge is -2.26. The molecular formula is C13H15FN2O. The number of ether oxygens (including phenoxy) is 1. The Balaban J connectivity index is 2.03. The molecule has 1 aromatic rings. The van der Waals surface area contributed by atoms with Crippen LogP contribution >= 0.6 is 0 Å². The van der Waals surface area contributed by atoms with Crippen molar-refractivity contribution in [3.05, 3.63) is 35.1 Å². The molecule has 0 N–H and O–H groups in total. The quantitative estimate of drug-likeness (QED) is 0.799. The van der Waals surface area contributed by atoms with Crippen molar-refractivity contribution in [2.45, 2.75) is 13.0 Å². The molecule has 2 rings (SSSR count). The molecule has 1 aliphatic heterocycles. The molecule has 0 spiro atoms. The lowest BCUT2D eigenvalue weighted by atomic mass is 10.1. The van der Waals surface area contributed by atoms with Gasteiger partial charge in [-0.25, -0.2) is 4.39 Å². The maximum atomic E-state index is 13.8. The van der Waals surface area contributed by atoms with Crippen LogP contribution in [-0.4, -0.2) is 31.2 Å². The van der Waals surface area contributed by atoms with Gasteiger partial charge in [0.15, 0.2) is 0 Å². The van der Waals surface area contributed by atoms with Crippen molar-refractivity contribution < 1.29 is 9.13 Å². The van der Waals surface area contributed by atoms with Crippen molar-refractivity contribution in [1.82, 2.24) is 4.90 Å². The van der Waals surface area contributed by atoms with E-state index < -0.39 is 0 Å². The summed E-state index contributed by atoms with van der Waals surface area (Å²) in [5, 5.41) is 8.55. The zero-order valence-electron chi connectivity index (χ0n) is 9.66. The van der Waals surface area contributed by atoms with Gasteiger partial charge in [0.05, 0.1) is 25.7 Å². The third-order valence-corrected chi connectivity index (χ3v) is 2.90. The molecule has 1 heterocycles. The lowest BCUT2D eigenvalue weighted by molar-refractivity contribution is 0.0337. The molecule has 0 bridgehead atoms. The molecule has 4 heteroatoms. The molecule has 17 heavy (non-hydrogen) atoms. The minimum Gasteiger partial charge on any atom is -0.379 e. The molecule has 0 aliphatic carbocycles. The summed E-state index contributed by atoms with van der Waals surface area (Å²) in [6.45, 7) is 3.74. The van der Waals surface area contributed by atoms with Crippen LogP contribution < -0.4 is 0 Å². The highest BCUT2D eigenvalue weighted by Crippen LogP contribution is 2.14.